The summed E-state index contributed by atoms with van der Waals surface area (Å²) in [5.41, 5.74) is 8.66. The van der Waals surface area contributed by atoms with Gasteiger partial charge in [-0.2, -0.15) is 0 Å². The smallest absolute Gasteiger partial charge is 0.232 e. The van der Waals surface area contributed by atoms with Gasteiger partial charge in [0.1, 0.15) is 5.69 Å². The van der Waals surface area contributed by atoms with Crippen LogP contribution in [0.1, 0.15) is 0 Å². The van der Waals surface area contributed by atoms with Crippen LogP contribution in [0.3, 0.4) is 0 Å². The molecule has 0 saturated heterocycles. The Bertz CT molecular complexity index is 758. The highest BCUT2D eigenvalue weighted by molar-refractivity contribution is 9.10. The monoisotopic (exact) mass is 349 g/mol. The standard InChI is InChI=1S/C14H9BrClN3O/c15-10-5-4-8(16)7-9(10)13-12(14(17)20-19-13)11-3-1-2-6-18-11/h1-7H,17H2. The van der Waals surface area contributed by atoms with Gasteiger partial charge in [-0.3, -0.25) is 4.98 Å². The van der Waals surface area contributed by atoms with Crippen LogP contribution in [0.25, 0.3) is 22.5 Å². The second-order valence-electron chi connectivity index (χ2n) is 4.11. The second kappa shape index (κ2) is 5.26. The maximum Gasteiger partial charge on any atom is 0.232 e. The molecule has 0 fully saturated rings. The number of hydrogen-bond acceptors (Lipinski definition) is 4. The van der Waals surface area contributed by atoms with Crippen LogP contribution in [0.15, 0.2) is 51.6 Å². The highest BCUT2D eigenvalue weighted by Crippen LogP contribution is 2.39. The molecule has 2 N–H and O–H groups in total. The van der Waals surface area contributed by atoms with Crippen molar-refractivity contribution in [2.24, 2.45) is 0 Å². The van der Waals surface area contributed by atoms with Crippen LogP contribution in [0.5, 0.6) is 0 Å². The van der Waals surface area contributed by atoms with E-state index in [1.807, 2.05) is 24.3 Å². The molecule has 2 aromatic heterocycles. The molecule has 100 valence electrons. The first kappa shape index (κ1) is 13.1. The van der Waals surface area contributed by atoms with Crippen LogP contribution >= 0.6 is 27.5 Å². The predicted octanol–water partition coefficient (Wildman–Crippen LogP) is 4.40. The molecular formula is C14H9BrClN3O. The molecule has 3 aromatic rings. The van der Waals surface area contributed by atoms with Gasteiger partial charge in [-0.15, -0.1) is 0 Å². The third-order valence-corrected chi connectivity index (χ3v) is 3.75. The minimum atomic E-state index is 0.227. The van der Waals surface area contributed by atoms with Crippen molar-refractivity contribution in [1.29, 1.82) is 0 Å². The van der Waals surface area contributed by atoms with Crippen molar-refractivity contribution in [3.8, 4) is 22.5 Å². The van der Waals surface area contributed by atoms with Gasteiger partial charge in [-0.05, 0) is 30.3 Å². The number of nitrogens with zero attached hydrogens (tertiary/aromatic N) is 2. The molecule has 2 heterocycles. The van der Waals surface area contributed by atoms with Gasteiger partial charge in [0.2, 0.25) is 5.88 Å². The normalized spacial score (nSPS) is 10.7. The number of pyridine rings is 1. The van der Waals surface area contributed by atoms with Crippen molar-refractivity contribution in [2.45, 2.75) is 0 Å². The molecule has 0 unspecified atom stereocenters. The van der Waals surface area contributed by atoms with Crippen LogP contribution in [0.2, 0.25) is 5.02 Å². The average molecular weight is 351 g/mol. The van der Waals surface area contributed by atoms with E-state index in [1.165, 1.54) is 0 Å². The Balaban J connectivity index is 2.24. The van der Waals surface area contributed by atoms with Crippen LogP contribution in [-0.4, -0.2) is 10.1 Å². The number of rotatable bonds is 2. The van der Waals surface area contributed by atoms with E-state index in [4.69, 9.17) is 21.9 Å². The highest BCUT2D eigenvalue weighted by Gasteiger charge is 2.20. The molecule has 6 heteroatoms. The SMILES string of the molecule is Nc1onc(-c2cc(Cl)ccc2Br)c1-c1ccccn1. The van der Waals surface area contributed by atoms with Gasteiger partial charge in [0.15, 0.2) is 0 Å². The number of anilines is 1. The maximum atomic E-state index is 6.05. The Morgan fingerprint density at radius 1 is 1.20 bits per heavy atom. The van der Waals surface area contributed by atoms with Crippen molar-refractivity contribution in [3.63, 3.8) is 0 Å². The third-order valence-electron chi connectivity index (χ3n) is 2.82. The molecule has 0 aliphatic carbocycles. The summed E-state index contributed by atoms with van der Waals surface area (Å²) in [6.07, 6.45) is 1.69. The molecular weight excluding hydrogens is 342 g/mol. The zero-order valence-corrected chi connectivity index (χ0v) is 12.5. The van der Waals surface area contributed by atoms with Crippen molar-refractivity contribution in [3.05, 3.63) is 52.1 Å². The van der Waals surface area contributed by atoms with Gasteiger partial charge >= 0.3 is 0 Å². The molecule has 0 radical (unpaired) electrons. The Hall–Kier alpha value is -1.85. The van der Waals surface area contributed by atoms with Crippen LogP contribution in [0, 0.1) is 0 Å². The number of hydrogen-bond donors (Lipinski definition) is 1. The van der Waals surface area contributed by atoms with Crippen molar-refractivity contribution < 1.29 is 4.52 Å². The van der Waals surface area contributed by atoms with E-state index < -0.39 is 0 Å². The number of nitrogen functional groups attached to an aromatic ring is 1. The molecule has 0 amide bonds. The summed E-state index contributed by atoms with van der Waals surface area (Å²) < 4.78 is 5.98. The van der Waals surface area contributed by atoms with E-state index in [2.05, 4.69) is 26.1 Å². The van der Waals surface area contributed by atoms with Gasteiger partial charge in [-0.25, -0.2) is 0 Å². The Morgan fingerprint density at radius 2 is 2.05 bits per heavy atom. The fraction of sp³-hybridized carbons (Fsp3) is 0. The number of nitrogens with two attached hydrogens (primary N) is 1. The summed E-state index contributed by atoms with van der Waals surface area (Å²) in [5, 5.41) is 4.64. The molecule has 0 bridgehead atoms. The Kier molecular flexibility index (Phi) is 3.46. The molecule has 20 heavy (non-hydrogen) atoms. The number of halogens is 2. The van der Waals surface area contributed by atoms with Crippen molar-refractivity contribution in [2.75, 3.05) is 5.73 Å². The van der Waals surface area contributed by atoms with E-state index in [9.17, 15) is 0 Å². The fourth-order valence-electron chi connectivity index (χ4n) is 1.92. The van der Waals surface area contributed by atoms with Gasteiger partial charge in [0.25, 0.3) is 0 Å². The lowest BCUT2D eigenvalue weighted by atomic mass is 10.0. The van der Waals surface area contributed by atoms with Crippen molar-refractivity contribution >= 4 is 33.4 Å². The molecule has 0 spiro atoms. The molecule has 1 aromatic carbocycles. The topological polar surface area (TPSA) is 64.9 Å². The first-order chi connectivity index (χ1) is 9.66. The molecule has 0 aliphatic rings. The Morgan fingerprint density at radius 3 is 2.80 bits per heavy atom. The summed E-state index contributed by atoms with van der Waals surface area (Å²) >= 11 is 9.53. The highest BCUT2D eigenvalue weighted by atomic mass is 79.9. The lowest BCUT2D eigenvalue weighted by Crippen LogP contribution is -1.90. The first-order valence-corrected chi connectivity index (χ1v) is 6.96. The summed E-state index contributed by atoms with van der Waals surface area (Å²) in [5.74, 6) is 0.227. The lowest BCUT2D eigenvalue weighted by Gasteiger charge is -2.04. The van der Waals surface area contributed by atoms with E-state index in [0.29, 0.717) is 22.0 Å². The quantitative estimate of drug-likeness (QED) is 0.744. The molecule has 3 rings (SSSR count). The predicted molar refractivity (Wildman–Crippen MR) is 82.3 cm³/mol. The molecule has 0 saturated carbocycles. The minimum Gasteiger partial charge on any atom is -0.367 e. The summed E-state index contributed by atoms with van der Waals surface area (Å²) in [6, 6.07) is 11.0. The summed E-state index contributed by atoms with van der Waals surface area (Å²) in [4.78, 5) is 4.29. The second-order valence-corrected chi connectivity index (χ2v) is 5.40. The first-order valence-electron chi connectivity index (χ1n) is 5.79. The zero-order chi connectivity index (χ0) is 14.1. The Labute approximate surface area is 128 Å². The summed E-state index contributed by atoms with van der Waals surface area (Å²) in [7, 11) is 0. The maximum absolute atomic E-state index is 6.05. The van der Waals surface area contributed by atoms with Crippen LogP contribution in [-0.2, 0) is 0 Å². The van der Waals surface area contributed by atoms with E-state index >= 15 is 0 Å². The molecule has 0 atom stereocenters. The molecule has 4 nitrogen and oxygen atoms in total. The lowest BCUT2D eigenvalue weighted by molar-refractivity contribution is 0.439. The molecule has 0 aliphatic heterocycles. The van der Waals surface area contributed by atoms with Crippen LogP contribution < -0.4 is 5.73 Å². The van der Waals surface area contributed by atoms with Gasteiger partial charge in [0.05, 0.1) is 11.3 Å². The van der Waals surface area contributed by atoms with E-state index in [1.54, 1.807) is 18.3 Å². The third kappa shape index (κ3) is 2.30. The largest absolute Gasteiger partial charge is 0.367 e. The average Bonchev–Trinajstić information content (AvgIpc) is 2.84. The van der Waals surface area contributed by atoms with E-state index in [0.717, 1.165) is 10.0 Å². The van der Waals surface area contributed by atoms with Crippen molar-refractivity contribution in [1.82, 2.24) is 10.1 Å². The summed E-state index contributed by atoms with van der Waals surface area (Å²) in [6.45, 7) is 0. The van der Waals surface area contributed by atoms with E-state index in [-0.39, 0.29) is 5.88 Å². The van der Waals surface area contributed by atoms with Gasteiger partial charge in [-0.1, -0.05) is 38.8 Å². The number of benzene rings is 1. The van der Waals surface area contributed by atoms with Crippen LogP contribution in [0.4, 0.5) is 5.88 Å². The number of aromatic nitrogens is 2. The minimum absolute atomic E-state index is 0.227. The zero-order valence-electron chi connectivity index (χ0n) is 10.2. The van der Waals surface area contributed by atoms with Gasteiger partial charge in [0, 0.05) is 21.3 Å². The van der Waals surface area contributed by atoms with Gasteiger partial charge < -0.3 is 10.3 Å². The fourth-order valence-corrected chi connectivity index (χ4v) is 2.53.